The van der Waals surface area contributed by atoms with Crippen LogP contribution in [-0.2, 0) is 6.42 Å². The van der Waals surface area contributed by atoms with Crippen LogP contribution in [-0.4, -0.2) is 12.6 Å². The van der Waals surface area contributed by atoms with Gasteiger partial charge in [0.15, 0.2) is 0 Å². The van der Waals surface area contributed by atoms with Crippen molar-refractivity contribution in [1.82, 2.24) is 5.32 Å². The Morgan fingerprint density at radius 2 is 2.12 bits per heavy atom. The van der Waals surface area contributed by atoms with Gasteiger partial charge in [0, 0.05) is 26.6 Å². The van der Waals surface area contributed by atoms with E-state index in [0.717, 1.165) is 17.4 Å². The molecule has 0 spiro atoms. The first-order valence-corrected chi connectivity index (χ1v) is 7.17. The molecule has 86 valence electrons. The summed E-state index contributed by atoms with van der Waals surface area (Å²) in [5.41, 5.74) is 0. The molecule has 16 heavy (non-hydrogen) atoms. The first kappa shape index (κ1) is 12.1. The Morgan fingerprint density at radius 3 is 2.88 bits per heavy atom. The lowest BCUT2D eigenvalue weighted by molar-refractivity contribution is 0.592. The minimum Gasteiger partial charge on any atom is -0.314 e. The van der Waals surface area contributed by atoms with Gasteiger partial charge in [-0.05, 0) is 30.0 Å². The number of benzene rings is 1. The SMILES string of the molecule is CC(C)NCCc1cc2ccc(Br)cc2s1. The third-order valence-corrected chi connectivity index (χ3v) is 4.11. The Bertz CT molecular complexity index is 476. The Hall–Kier alpha value is -0.380. The van der Waals surface area contributed by atoms with E-state index in [2.05, 4.69) is 59.4 Å². The van der Waals surface area contributed by atoms with Crippen molar-refractivity contribution >= 4 is 37.4 Å². The molecule has 2 rings (SSSR count). The standard InChI is InChI=1S/C13H16BrNS/c1-9(2)15-6-5-12-7-10-3-4-11(14)8-13(10)16-12/h3-4,7-9,15H,5-6H2,1-2H3. The Balaban J connectivity index is 2.08. The molecule has 1 aromatic heterocycles. The number of fused-ring (bicyclic) bond motifs is 1. The summed E-state index contributed by atoms with van der Waals surface area (Å²) in [6.45, 7) is 5.43. The molecule has 0 radical (unpaired) electrons. The molecule has 1 nitrogen and oxygen atoms in total. The van der Waals surface area contributed by atoms with E-state index in [1.54, 1.807) is 0 Å². The fourth-order valence-electron chi connectivity index (χ4n) is 1.67. The second-order valence-corrected chi connectivity index (χ2v) is 6.34. The van der Waals surface area contributed by atoms with Crippen LogP contribution in [0.5, 0.6) is 0 Å². The van der Waals surface area contributed by atoms with Gasteiger partial charge in [-0.2, -0.15) is 0 Å². The van der Waals surface area contributed by atoms with Crippen molar-refractivity contribution in [1.29, 1.82) is 0 Å². The third kappa shape index (κ3) is 3.06. The van der Waals surface area contributed by atoms with Gasteiger partial charge in [0.05, 0.1) is 0 Å². The van der Waals surface area contributed by atoms with Crippen LogP contribution < -0.4 is 5.32 Å². The van der Waals surface area contributed by atoms with Gasteiger partial charge in [0.25, 0.3) is 0 Å². The summed E-state index contributed by atoms with van der Waals surface area (Å²) in [4.78, 5) is 1.46. The van der Waals surface area contributed by atoms with Gasteiger partial charge in [-0.3, -0.25) is 0 Å². The molecule has 3 heteroatoms. The summed E-state index contributed by atoms with van der Waals surface area (Å²) in [6, 6.07) is 9.34. The molecule has 0 bridgehead atoms. The van der Waals surface area contributed by atoms with Crippen LogP contribution in [0.2, 0.25) is 0 Å². The van der Waals surface area contributed by atoms with E-state index in [0.29, 0.717) is 6.04 Å². The number of rotatable bonds is 4. The van der Waals surface area contributed by atoms with E-state index < -0.39 is 0 Å². The fourth-order valence-corrected chi connectivity index (χ4v) is 3.28. The summed E-state index contributed by atoms with van der Waals surface area (Å²) in [6.07, 6.45) is 1.12. The summed E-state index contributed by atoms with van der Waals surface area (Å²) < 4.78 is 2.53. The zero-order valence-corrected chi connectivity index (χ0v) is 12.0. The minimum atomic E-state index is 0.573. The second-order valence-electron chi connectivity index (χ2n) is 4.25. The number of nitrogens with one attached hydrogen (secondary N) is 1. The molecular formula is C13H16BrNS. The smallest absolute Gasteiger partial charge is 0.0356 e. The summed E-state index contributed by atoms with van der Waals surface area (Å²) >= 11 is 5.40. The van der Waals surface area contributed by atoms with Crippen LogP contribution >= 0.6 is 27.3 Å². The third-order valence-electron chi connectivity index (χ3n) is 2.46. The largest absolute Gasteiger partial charge is 0.314 e. The molecular weight excluding hydrogens is 282 g/mol. The molecule has 1 heterocycles. The van der Waals surface area contributed by atoms with Crippen LogP contribution in [0.3, 0.4) is 0 Å². The molecule has 2 aromatic rings. The molecule has 0 aliphatic rings. The fraction of sp³-hybridized carbons (Fsp3) is 0.385. The molecule has 0 atom stereocenters. The summed E-state index contributed by atoms with van der Waals surface area (Å²) in [5.74, 6) is 0. The molecule has 0 fully saturated rings. The van der Waals surface area contributed by atoms with Gasteiger partial charge in [-0.25, -0.2) is 0 Å². The Labute approximate surface area is 109 Å². The van der Waals surface area contributed by atoms with E-state index in [-0.39, 0.29) is 0 Å². The lowest BCUT2D eigenvalue weighted by Crippen LogP contribution is -2.24. The Morgan fingerprint density at radius 1 is 1.31 bits per heavy atom. The van der Waals surface area contributed by atoms with Gasteiger partial charge in [-0.1, -0.05) is 35.8 Å². The maximum atomic E-state index is 3.51. The van der Waals surface area contributed by atoms with Crippen LogP contribution in [0.25, 0.3) is 10.1 Å². The lowest BCUT2D eigenvalue weighted by atomic mass is 10.2. The van der Waals surface area contributed by atoms with E-state index in [9.17, 15) is 0 Å². The highest BCUT2D eigenvalue weighted by Crippen LogP contribution is 2.28. The maximum Gasteiger partial charge on any atom is 0.0356 e. The molecule has 0 saturated heterocycles. The first-order chi connectivity index (χ1) is 7.65. The predicted molar refractivity (Wildman–Crippen MR) is 76.4 cm³/mol. The first-order valence-electron chi connectivity index (χ1n) is 5.56. The second kappa shape index (κ2) is 5.30. The zero-order valence-electron chi connectivity index (χ0n) is 9.59. The van der Waals surface area contributed by atoms with Crippen LogP contribution in [0.1, 0.15) is 18.7 Å². The molecule has 0 unspecified atom stereocenters. The van der Waals surface area contributed by atoms with Gasteiger partial charge in [0.2, 0.25) is 0 Å². The normalized spacial score (nSPS) is 11.5. The van der Waals surface area contributed by atoms with Gasteiger partial charge in [-0.15, -0.1) is 11.3 Å². The van der Waals surface area contributed by atoms with Crippen molar-refractivity contribution in [3.05, 3.63) is 33.6 Å². The lowest BCUT2D eigenvalue weighted by Gasteiger charge is -2.05. The van der Waals surface area contributed by atoms with Crippen molar-refractivity contribution < 1.29 is 0 Å². The van der Waals surface area contributed by atoms with Crippen LogP contribution in [0.4, 0.5) is 0 Å². The number of hydrogen-bond donors (Lipinski definition) is 1. The average Bonchev–Trinajstić information content (AvgIpc) is 2.58. The summed E-state index contributed by atoms with van der Waals surface area (Å²) in [5, 5.41) is 4.80. The molecule has 0 aliphatic heterocycles. The highest BCUT2D eigenvalue weighted by molar-refractivity contribution is 9.10. The van der Waals surface area contributed by atoms with Crippen molar-refractivity contribution in [2.24, 2.45) is 0 Å². The van der Waals surface area contributed by atoms with E-state index in [1.165, 1.54) is 15.0 Å². The van der Waals surface area contributed by atoms with E-state index in [1.807, 2.05) is 11.3 Å². The topological polar surface area (TPSA) is 12.0 Å². The zero-order chi connectivity index (χ0) is 11.5. The van der Waals surface area contributed by atoms with Crippen molar-refractivity contribution in [2.75, 3.05) is 6.54 Å². The van der Waals surface area contributed by atoms with Crippen molar-refractivity contribution in [3.63, 3.8) is 0 Å². The molecule has 0 amide bonds. The van der Waals surface area contributed by atoms with Crippen molar-refractivity contribution in [3.8, 4) is 0 Å². The Kier molecular flexibility index (Phi) is 4.00. The maximum absolute atomic E-state index is 3.51. The average molecular weight is 298 g/mol. The number of hydrogen-bond acceptors (Lipinski definition) is 2. The molecule has 0 saturated carbocycles. The van der Waals surface area contributed by atoms with Crippen LogP contribution in [0.15, 0.2) is 28.7 Å². The predicted octanol–water partition coefficient (Wildman–Crippen LogP) is 4.20. The van der Waals surface area contributed by atoms with E-state index in [4.69, 9.17) is 0 Å². The highest BCUT2D eigenvalue weighted by Gasteiger charge is 2.02. The van der Waals surface area contributed by atoms with E-state index >= 15 is 0 Å². The minimum absolute atomic E-state index is 0.573. The highest BCUT2D eigenvalue weighted by atomic mass is 79.9. The monoisotopic (exact) mass is 297 g/mol. The van der Waals surface area contributed by atoms with Gasteiger partial charge >= 0.3 is 0 Å². The van der Waals surface area contributed by atoms with Crippen molar-refractivity contribution in [2.45, 2.75) is 26.3 Å². The molecule has 1 N–H and O–H groups in total. The van der Waals surface area contributed by atoms with Gasteiger partial charge in [0.1, 0.15) is 0 Å². The van der Waals surface area contributed by atoms with Gasteiger partial charge < -0.3 is 5.32 Å². The number of halogens is 1. The molecule has 0 aliphatic carbocycles. The summed E-state index contributed by atoms with van der Waals surface area (Å²) in [7, 11) is 0. The number of thiophene rings is 1. The quantitative estimate of drug-likeness (QED) is 0.892. The van der Waals surface area contributed by atoms with Crippen LogP contribution in [0, 0.1) is 0 Å². The molecule has 1 aromatic carbocycles.